The summed E-state index contributed by atoms with van der Waals surface area (Å²) < 4.78 is 5.64. The Morgan fingerprint density at radius 2 is 1.78 bits per heavy atom. The van der Waals surface area contributed by atoms with E-state index < -0.39 is 0 Å². The standard InChI is InChI=1S/C22H24N2O2S/c1-5-26-19-9-7-6-8-18(19)24-20(25)17(23-21(24)27)14-15-10-12-16(13-11-15)22(2,3)4/h6-14H,5H2,1-4H3,(H,23,27)/b17-14+. The maximum atomic E-state index is 13.0. The summed E-state index contributed by atoms with van der Waals surface area (Å²) in [7, 11) is 0. The summed E-state index contributed by atoms with van der Waals surface area (Å²) in [5, 5.41) is 3.38. The topological polar surface area (TPSA) is 41.6 Å². The van der Waals surface area contributed by atoms with Gasteiger partial charge >= 0.3 is 0 Å². The van der Waals surface area contributed by atoms with Gasteiger partial charge in [0.2, 0.25) is 0 Å². The molecular weight excluding hydrogens is 356 g/mol. The number of nitrogens with zero attached hydrogens (tertiary/aromatic N) is 1. The number of anilines is 1. The van der Waals surface area contributed by atoms with Gasteiger partial charge < -0.3 is 10.1 Å². The van der Waals surface area contributed by atoms with Crippen molar-refractivity contribution in [3.8, 4) is 5.75 Å². The summed E-state index contributed by atoms with van der Waals surface area (Å²) in [6, 6.07) is 15.6. The van der Waals surface area contributed by atoms with Gasteiger partial charge in [-0.15, -0.1) is 0 Å². The molecule has 2 aromatic carbocycles. The summed E-state index contributed by atoms with van der Waals surface area (Å²) in [6.45, 7) is 8.95. The first-order valence-electron chi connectivity index (χ1n) is 9.01. The van der Waals surface area contributed by atoms with Crippen LogP contribution in [-0.2, 0) is 10.2 Å². The van der Waals surface area contributed by atoms with Crippen LogP contribution < -0.4 is 15.0 Å². The average Bonchev–Trinajstić information content (AvgIpc) is 2.89. The van der Waals surface area contributed by atoms with Gasteiger partial charge in [0.25, 0.3) is 5.91 Å². The molecule has 1 N–H and O–H groups in total. The molecule has 0 bridgehead atoms. The second-order valence-corrected chi connectivity index (χ2v) is 7.79. The minimum Gasteiger partial charge on any atom is -0.492 e. The van der Waals surface area contributed by atoms with E-state index in [9.17, 15) is 4.79 Å². The van der Waals surface area contributed by atoms with Gasteiger partial charge in [-0.05, 0) is 53.9 Å². The molecule has 1 amide bonds. The summed E-state index contributed by atoms with van der Waals surface area (Å²) in [5.74, 6) is 0.445. The molecule has 3 rings (SSSR count). The van der Waals surface area contributed by atoms with Gasteiger partial charge in [0.05, 0.1) is 12.3 Å². The Hall–Kier alpha value is -2.66. The zero-order valence-electron chi connectivity index (χ0n) is 16.1. The molecule has 1 heterocycles. The summed E-state index contributed by atoms with van der Waals surface area (Å²) in [4.78, 5) is 14.4. The quantitative estimate of drug-likeness (QED) is 0.619. The van der Waals surface area contributed by atoms with Crippen LogP contribution in [0.2, 0.25) is 0 Å². The lowest BCUT2D eigenvalue weighted by Crippen LogP contribution is -2.30. The van der Waals surface area contributed by atoms with Crippen LogP contribution in [0.5, 0.6) is 5.75 Å². The minimum atomic E-state index is -0.188. The van der Waals surface area contributed by atoms with Gasteiger partial charge in [-0.3, -0.25) is 4.79 Å². The number of ether oxygens (including phenoxy) is 1. The highest BCUT2D eigenvalue weighted by Gasteiger charge is 2.33. The second-order valence-electron chi connectivity index (χ2n) is 7.40. The number of nitrogens with one attached hydrogen (secondary N) is 1. The molecule has 0 atom stereocenters. The summed E-state index contributed by atoms with van der Waals surface area (Å²) in [5.41, 5.74) is 3.39. The molecule has 2 aromatic rings. The Morgan fingerprint density at radius 1 is 1.11 bits per heavy atom. The zero-order valence-corrected chi connectivity index (χ0v) is 16.9. The molecule has 0 unspecified atom stereocenters. The highest BCUT2D eigenvalue weighted by molar-refractivity contribution is 7.80. The van der Waals surface area contributed by atoms with E-state index in [1.54, 1.807) is 0 Å². The van der Waals surface area contributed by atoms with Gasteiger partial charge in [0.15, 0.2) is 5.11 Å². The lowest BCUT2D eigenvalue weighted by atomic mass is 9.87. The smallest absolute Gasteiger partial charge is 0.281 e. The molecule has 1 fully saturated rings. The number of hydrogen-bond acceptors (Lipinski definition) is 3. The zero-order chi connectivity index (χ0) is 19.6. The van der Waals surface area contributed by atoms with Crippen molar-refractivity contribution in [2.24, 2.45) is 0 Å². The highest BCUT2D eigenvalue weighted by atomic mass is 32.1. The van der Waals surface area contributed by atoms with Crippen LogP contribution in [0.4, 0.5) is 5.69 Å². The minimum absolute atomic E-state index is 0.0917. The predicted molar refractivity (Wildman–Crippen MR) is 114 cm³/mol. The van der Waals surface area contributed by atoms with Crippen molar-refractivity contribution in [1.82, 2.24) is 5.32 Å². The molecular formula is C22H24N2O2S. The normalized spacial score (nSPS) is 16.0. The number of para-hydroxylation sites is 2. The van der Waals surface area contributed by atoms with Crippen LogP contribution in [-0.4, -0.2) is 17.6 Å². The summed E-state index contributed by atoms with van der Waals surface area (Å²) in [6.07, 6.45) is 1.82. The van der Waals surface area contributed by atoms with E-state index in [1.165, 1.54) is 10.5 Å². The monoisotopic (exact) mass is 380 g/mol. The Labute approximate surface area is 165 Å². The van der Waals surface area contributed by atoms with Crippen LogP contribution in [0.1, 0.15) is 38.8 Å². The molecule has 1 saturated heterocycles. The molecule has 4 nitrogen and oxygen atoms in total. The number of carbonyl (C=O) groups is 1. The van der Waals surface area contributed by atoms with Gasteiger partial charge in [-0.1, -0.05) is 57.2 Å². The van der Waals surface area contributed by atoms with Crippen LogP contribution in [0.3, 0.4) is 0 Å². The van der Waals surface area contributed by atoms with Crippen molar-refractivity contribution in [2.75, 3.05) is 11.5 Å². The number of amides is 1. The Morgan fingerprint density at radius 3 is 2.41 bits per heavy atom. The van der Waals surface area contributed by atoms with Crippen molar-refractivity contribution in [3.05, 3.63) is 65.4 Å². The highest BCUT2D eigenvalue weighted by Crippen LogP contribution is 2.31. The molecule has 0 saturated carbocycles. The third-order valence-corrected chi connectivity index (χ3v) is 4.66. The van der Waals surface area contributed by atoms with E-state index >= 15 is 0 Å². The Kier molecular flexibility index (Phi) is 5.33. The Bertz CT molecular complexity index is 895. The maximum Gasteiger partial charge on any atom is 0.281 e. The van der Waals surface area contributed by atoms with Crippen molar-refractivity contribution >= 4 is 35.0 Å². The van der Waals surface area contributed by atoms with Crippen LogP contribution in [0, 0.1) is 0 Å². The van der Waals surface area contributed by atoms with E-state index in [-0.39, 0.29) is 11.3 Å². The fourth-order valence-corrected chi connectivity index (χ4v) is 3.21. The fraction of sp³-hybridized carbons (Fsp3) is 0.273. The maximum absolute atomic E-state index is 13.0. The van der Waals surface area contributed by atoms with Crippen LogP contribution in [0.15, 0.2) is 54.2 Å². The Balaban J connectivity index is 1.89. The third kappa shape index (κ3) is 4.03. The number of rotatable bonds is 4. The van der Waals surface area contributed by atoms with Crippen molar-refractivity contribution < 1.29 is 9.53 Å². The number of hydrogen-bond donors (Lipinski definition) is 1. The first-order chi connectivity index (χ1) is 12.8. The molecule has 0 spiro atoms. The number of thiocarbonyl (C=S) groups is 1. The van der Waals surface area contributed by atoms with Gasteiger partial charge in [-0.25, -0.2) is 4.90 Å². The van der Waals surface area contributed by atoms with Crippen molar-refractivity contribution in [2.45, 2.75) is 33.1 Å². The van der Waals surface area contributed by atoms with E-state index in [0.717, 1.165) is 5.56 Å². The number of benzene rings is 2. The van der Waals surface area contributed by atoms with Crippen molar-refractivity contribution in [3.63, 3.8) is 0 Å². The lowest BCUT2D eigenvalue weighted by Gasteiger charge is -2.18. The third-order valence-electron chi connectivity index (χ3n) is 4.37. The van der Waals surface area contributed by atoms with E-state index in [0.29, 0.717) is 28.9 Å². The van der Waals surface area contributed by atoms with Crippen LogP contribution >= 0.6 is 12.2 Å². The van der Waals surface area contributed by atoms with Crippen molar-refractivity contribution in [1.29, 1.82) is 0 Å². The molecule has 140 valence electrons. The second kappa shape index (κ2) is 7.53. The first kappa shape index (κ1) is 19.1. The lowest BCUT2D eigenvalue weighted by molar-refractivity contribution is -0.113. The van der Waals surface area contributed by atoms with E-state index in [2.05, 4.69) is 38.2 Å². The molecule has 1 aliphatic rings. The fourth-order valence-electron chi connectivity index (χ4n) is 2.92. The van der Waals surface area contributed by atoms with Gasteiger partial charge in [0.1, 0.15) is 11.4 Å². The molecule has 0 radical (unpaired) electrons. The molecule has 27 heavy (non-hydrogen) atoms. The van der Waals surface area contributed by atoms with Crippen LogP contribution in [0.25, 0.3) is 6.08 Å². The summed E-state index contributed by atoms with van der Waals surface area (Å²) >= 11 is 5.40. The SMILES string of the molecule is CCOc1ccccc1N1C(=O)/C(=C\c2ccc(C(C)(C)C)cc2)NC1=S. The van der Waals surface area contributed by atoms with E-state index in [1.807, 2.05) is 49.4 Å². The predicted octanol–water partition coefficient (Wildman–Crippen LogP) is 4.65. The van der Waals surface area contributed by atoms with Gasteiger partial charge in [0, 0.05) is 0 Å². The average molecular weight is 381 g/mol. The van der Waals surface area contributed by atoms with Gasteiger partial charge in [-0.2, -0.15) is 0 Å². The van der Waals surface area contributed by atoms with E-state index in [4.69, 9.17) is 17.0 Å². The largest absolute Gasteiger partial charge is 0.492 e. The number of carbonyl (C=O) groups excluding carboxylic acids is 1. The molecule has 0 aliphatic carbocycles. The molecule has 5 heteroatoms. The first-order valence-corrected chi connectivity index (χ1v) is 9.41. The molecule has 0 aromatic heterocycles. The molecule has 1 aliphatic heterocycles.